The molecule has 7 nitrogen and oxygen atoms in total. The van der Waals surface area contributed by atoms with Crippen molar-refractivity contribution in [3.05, 3.63) is 35.2 Å². The first-order valence-electron chi connectivity index (χ1n) is 7.67. The zero-order valence-corrected chi connectivity index (χ0v) is 13.9. The van der Waals surface area contributed by atoms with Crippen molar-refractivity contribution < 1.29 is 9.47 Å². The molecule has 1 N–H and O–H groups in total. The van der Waals surface area contributed by atoms with Crippen LogP contribution in [0.1, 0.15) is 12.0 Å². The van der Waals surface area contributed by atoms with Gasteiger partial charge in [0.15, 0.2) is 17.1 Å². The number of hydrogen-bond acceptors (Lipinski definition) is 6. The number of nitrogens with one attached hydrogen (secondary N) is 1. The van der Waals surface area contributed by atoms with E-state index < -0.39 is 0 Å². The number of aromatic nitrogens is 4. The van der Waals surface area contributed by atoms with Gasteiger partial charge in [-0.3, -0.25) is 4.68 Å². The molecule has 8 heteroatoms. The number of anilines is 1. The van der Waals surface area contributed by atoms with Gasteiger partial charge in [-0.1, -0.05) is 11.6 Å². The Labute approximate surface area is 143 Å². The van der Waals surface area contributed by atoms with Crippen LogP contribution in [0.5, 0.6) is 11.5 Å². The number of fused-ring (bicyclic) bond motifs is 2. The Hall–Kier alpha value is -2.54. The molecular weight excluding hydrogens is 330 g/mol. The third-order valence-corrected chi connectivity index (χ3v) is 4.13. The lowest BCUT2D eigenvalue weighted by molar-refractivity contribution is 0.297. The molecule has 1 aliphatic heterocycles. The zero-order chi connectivity index (χ0) is 16.5. The highest BCUT2D eigenvalue weighted by atomic mass is 35.5. The number of halogens is 1. The molecule has 0 radical (unpaired) electrons. The summed E-state index contributed by atoms with van der Waals surface area (Å²) in [6.45, 7) is 1.80. The predicted molar refractivity (Wildman–Crippen MR) is 90.7 cm³/mol. The van der Waals surface area contributed by atoms with E-state index in [2.05, 4.69) is 20.4 Å². The van der Waals surface area contributed by atoms with Crippen LogP contribution >= 0.6 is 11.6 Å². The van der Waals surface area contributed by atoms with Crippen LogP contribution in [0.3, 0.4) is 0 Å². The second kappa shape index (κ2) is 6.16. The SMILES string of the molecule is Cn1ncc2c(NCc3cc(Cl)c4c(c3)OCCCO4)ncnc21. The molecule has 0 spiro atoms. The number of hydrogen-bond donors (Lipinski definition) is 1. The van der Waals surface area contributed by atoms with Crippen molar-refractivity contribution in [3.63, 3.8) is 0 Å². The van der Waals surface area contributed by atoms with Crippen LogP contribution in [0, 0.1) is 0 Å². The molecule has 124 valence electrons. The van der Waals surface area contributed by atoms with Crippen LogP contribution in [0.4, 0.5) is 5.82 Å². The molecule has 0 amide bonds. The molecule has 0 saturated carbocycles. The van der Waals surface area contributed by atoms with Crippen LogP contribution in [0.15, 0.2) is 24.7 Å². The van der Waals surface area contributed by atoms with Crippen molar-refractivity contribution in [1.29, 1.82) is 0 Å². The smallest absolute Gasteiger partial charge is 0.179 e. The van der Waals surface area contributed by atoms with E-state index in [1.165, 1.54) is 6.33 Å². The van der Waals surface area contributed by atoms with Gasteiger partial charge in [-0.2, -0.15) is 5.10 Å². The van der Waals surface area contributed by atoms with E-state index in [1.807, 2.05) is 19.2 Å². The third kappa shape index (κ3) is 2.71. The lowest BCUT2D eigenvalue weighted by Gasteiger charge is -2.12. The molecule has 24 heavy (non-hydrogen) atoms. The molecule has 3 aromatic rings. The molecule has 0 fully saturated rings. The van der Waals surface area contributed by atoms with Crippen LogP contribution in [0.25, 0.3) is 11.0 Å². The van der Waals surface area contributed by atoms with E-state index in [1.54, 1.807) is 10.9 Å². The second-order valence-corrected chi connectivity index (χ2v) is 5.94. The number of nitrogens with zero attached hydrogens (tertiary/aromatic N) is 4. The van der Waals surface area contributed by atoms with Gasteiger partial charge in [-0.05, 0) is 17.7 Å². The summed E-state index contributed by atoms with van der Waals surface area (Å²) >= 11 is 6.33. The highest BCUT2D eigenvalue weighted by Crippen LogP contribution is 2.38. The van der Waals surface area contributed by atoms with Gasteiger partial charge in [0, 0.05) is 20.0 Å². The van der Waals surface area contributed by atoms with Gasteiger partial charge >= 0.3 is 0 Å². The minimum atomic E-state index is 0.553. The molecule has 0 saturated heterocycles. The third-order valence-electron chi connectivity index (χ3n) is 3.85. The zero-order valence-electron chi connectivity index (χ0n) is 13.1. The normalized spacial score (nSPS) is 13.8. The monoisotopic (exact) mass is 345 g/mol. The minimum absolute atomic E-state index is 0.553. The number of ether oxygens (including phenoxy) is 2. The van der Waals surface area contributed by atoms with Crippen molar-refractivity contribution in [2.24, 2.45) is 7.05 Å². The van der Waals surface area contributed by atoms with Crippen molar-refractivity contribution in [2.45, 2.75) is 13.0 Å². The average Bonchev–Trinajstić information content (AvgIpc) is 2.81. The molecule has 0 unspecified atom stereocenters. The fourth-order valence-corrected chi connectivity index (χ4v) is 2.96. The molecule has 2 aromatic heterocycles. The summed E-state index contributed by atoms with van der Waals surface area (Å²) in [5.41, 5.74) is 1.77. The lowest BCUT2D eigenvalue weighted by atomic mass is 10.2. The first-order valence-corrected chi connectivity index (χ1v) is 8.05. The number of aryl methyl sites for hydroxylation is 1. The van der Waals surface area contributed by atoms with Gasteiger partial charge in [-0.25, -0.2) is 9.97 Å². The van der Waals surface area contributed by atoms with Crippen LogP contribution in [-0.4, -0.2) is 33.0 Å². The van der Waals surface area contributed by atoms with E-state index in [-0.39, 0.29) is 0 Å². The minimum Gasteiger partial charge on any atom is -0.489 e. The molecule has 1 aromatic carbocycles. The Morgan fingerprint density at radius 3 is 3.04 bits per heavy atom. The maximum atomic E-state index is 6.33. The van der Waals surface area contributed by atoms with Gasteiger partial charge in [0.2, 0.25) is 0 Å². The molecule has 1 aliphatic rings. The summed E-state index contributed by atoms with van der Waals surface area (Å²) in [5.74, 6) is 2.04. The number of benzene rings is 1. The van der Waals surface area contributed by atoms with E-state index in [9.17, 15) is 0 Å². The topological polar surface area (TPSA) is 74.1 Å². The fraction of sp³-hybridized carbons (Fsp3) is 0.312. The summed E-state index contributed by atoms with van der Waals surface area (Å²) < 4.78 is 13.1. The maximum absolute atomic E-state index is 6.33. The summed E-state index contributed by atoms with van der Waals surface area (Å²) in [7, 11) is 1.85. The van der Waals surface area contributed by atoms with Gasteiger partial charge < -0.3 is 14.8 Å². The summed E-state index contributed by atoms with van der Waals surface area (Å²) in [4.78, 5) is 8.53. The molecule has 4 rings (SSSR count). The van der Waals surface area contributed by atoms with Crippen LogP contribution in [-0.2, 0) is 13.6 Å². The lowest BCUT2D eigenvalue weighted by Crippen LogP contribution is -2.03. The maximum Gasteiger partial charge on any atom is 0.179 e. The van der Waals surface area contributed by atoms with Gasteiger partial charge in [-0.15, -0.1) is 0 Å². The van der Waals surface area contributed by atoms with Crippen LogP contribution < -0.4 is 14.8 Å². The van der Waals surface area contributed by atoms with E-state index in [0.717, 1.165) is 28.8 Å². The Morgan fingerprint density at radius 2 is 2.12 bits per heavy atom. The van der Waals surface area contributed by atoms with E-state index in [4.69, 9.17) is 21.1 Å². The Bertz CT molecular complexity index is 896. The predicted octanol–water partition coefficient (Wildman–Crippen LogP) is 2.79. The van der Waals surface area contributed by atoms with Crippen molar-refractivity contribution in [2.75, 3.05) is 18.5 Å². The van der Waals surface area contributed by atoms with E-state index in [0.29, 0.717) is 36.3 Å². The largest absolute Gasteiger partial charge is 0.489 e. The highest BCUT2D eigenvalue weighted by molar-refractivity contribution is 6.32. The molecular formula is C16H16ClN5O2. The first kappa shape index (κ1) is 15.0. The Kier molecular flexibility index (Phi) is 3.86. The molecule has 3 heterocycles. The fourth-order valence-electron chi connectivity index (χ4n) is 2.67. The van der Waals surface area contributed by atoms with Gasteiger partial charge in [0.25, 0.3) is 0 Å². The Balaban J connectivity index is 1.59. The average molecular weight is 346 g/mol. The van der Waals surface area contributed by atoms with Crippen LogP contribution in [0.2, 0.25) is 5.02 Å². The number of rotatable bonds is 3. The van der Waals surface area contributed by atoms with Crippen molar-refractivity contribution in [3.8, 4) is 11.5 Å². The van der Waals surface area contributed by atoms with E-state index >= 15 is 0 Å². The van der Waals surface area contributed by atoms with Crippen molar-refractivity contribution in [1.82, 2.24) is 19.7 Å². The first-order chi connectivity index (χ1) is 11.7. The molecule has 0 aliphatic carbocycles. The van der Waals surface area contributed by atoms with Crippen molar-refractivity contribution >= 4 is 28.5 Å². The standard InChI is InChI=1S/C16H16ClN5O2/c1-22-16-11(8-21-22)15(19-9-20-16)18-7-10-5-12(17)14-13(6-10)23-3-2-4-24-14/h5-6,8-9H,2-4,7H2,1H3,(H,18,19,20). The summed E-state index contributed by atoms with van der Waals surface area (Å²) in [6.07, 6.45) is 4.12. The van der Waals surface area contributed by atoms with Gasteiger partial charge in [0.1, 0.15) is 12.1 Å². The molecule has 0 atom stereocenters. The Morgan fingerprint density at radius 1 is 1.25 bits per heavy atom. The summed E-state index contributed by atoms with van der Waals surface area (Å²) in [6, 6.07) is 3.82. The quantitative estimate of drug-likeness (QED) is 0.786. The summed E-state index contributed by atoms with van der Waals surface area (Å²) in [5, 5.41) is 8.95. The molecule has 0 bridgehead atoms. The van der Waals surface area contributed by atoms with Gasteiger partial charge in [0.05, 0.1) is 29.8 Å². The highest BCUT2D eigenvalue weighted by Gasteiger charge is 2.16. The second-order valence-electron chi connectivity index (χ2n) is 5.54.